The van der Waals surface area contributed by atoms with E-state index in [4.69, 9.17) is 14.2 Å². The molecule has 16 heavy (non-hydrogen) atoms. The monoisotopic (exact) mass is 230 g/mol. The fourth-order valence-corrected chi connectivity index (χ4v) is 1.43. The number of rotatable bonds is 4. The van der Waals surface area contributed by atoms with E-state index >= 15 is 0 Å². The molecule has 1 aromatic carbocycles. The predicted octanol–water partition coefficient (Wildman–Crippen LogP) is 2.11. The number of halogens is 2. The van der Waals surface area contributed by atoms with Crippen LogP contribution in [0.25, 0.3) is 0 Å². The van der Waals surface area contributed by atoms with Crippen molar-refractivity contribution in [1.29, 1.82) is 0 Å². The van der Waals surface area contributed by atoms with Gasteiger partial charge in [0.2, 0.25) is 0 Å². The summed E-state index contributed by atoms with van der Waals surface area (Å²) in [6.45, 7) is 1.43. The summed E-state index contributed by atoms with van der Waals surface area (Å²) >= 11 is 0. The van der Waals surface area contributed by atoms with Gasteiger partial charge in [0.15, 0.2) is 17.9 Å². The molecule has 0 N–H and O–H groups in total. The number of benzene rings is 1. The third kappa shape index (κ3) is 2.90. The largest absolute Gasteiger partial charge is 0.490 e. The third-order valence-corrected chi connectivity index (χ3v) is 2.20. The zero-order valence-corrected chi connectivity index (χ0v) is 8.62. The summed E-state index contributed by atoms with van der Waals surface area (Å²) < 4.78 is 41.2. The molecular formula is C11H12F2O3. The maximum Gasteiger partial charge on any atom is 0.167 e. The van der Waals surface area contributed by atoms with Crippen LogP contribution in [0, 0.1) is 11.6 Å². The highest BCUT2D eigenvalue weighted by Gasteiger charge is 2.15. The SMILES string of the molecule is Fc1ccc(OCCC2OCCO2)c(F)c1. The van der Waals surface area contributed by atoms with Crippen LogP contribution >= 0.6 is 0 Å². The molecule has 0 unspecified atom stereocenters. The Labute approximate surface area is 91.9 Å². The Morgan fingerprint density at radius 2 is 2.00 bits per heavy atom. The Hall–Kier alpha value is -1.20. The van der Waals surface area contributed by atoms with Crippen molar-refractivity contribution in [3.8, 4) is 5.75 Å². The standard InChI is InChI=1S/C11H12F2O3/c12-8-1-2-10(9(13)7-8)14-4-3-11-15-5-6-16-11/h1-2,7,11H,3-6H2. The minimum atomic E-state index is -0.701. The minimum Gasteiger partial charge on any atom is -0.490 e. The average Bonchev–Trinajstić information content (AvgIpc) is 2.74. The maximum atomic E-state index is 13.1. The summed E-state index contributed by atoms with van der Waals surface area (Å²) in [6, 6.07) is 3.21. The van der Waals surface area contributed by atoms with Crippen LogP contribution in [0.4, 0.5) is 8.78 Å². The highest BCUT2D eigenvalue weighted by molar-refractivity contribution is 5.24. The topological polar surface area (TPSA) is 27.7 Å². The van der Waals surface area contributed by atoms with E-state index in [0.29, 0.717) is 19.6 Å². The molecule has 0 bridgehead atoms. The van der Waals surface area contributed by atoms with Gasteiger partial charge in [-0.25, -0.2) is 8.78 Å². The summed E-state index contributed by atoms with van der Waals surface area (Å²) in [5.41, 5.74) is 0. The second kappa shape index (κ2) is 5.23. The molecule has 0 aliphatic carbocycles. The first-order valence-corrected chi connectivity index (χ1v) is 5.07. The summed E-state index contributed by atoms with van der Waals surface area (Å²) in [5.74, 6) is -1.28. The van der Waals surface area contributed by atoms with Gasteiger partial charge < -0.3 is 14.2 Å². The van der Waals surface area contributed by atoms with Crippen molar-refractivity contribution in [2.75, 3.05) is 19.8 Å². The van der Waals surface area contributed by atoms with Crippen molar-refractivity contribution >= 4 is 0 Å². The molecule has 1 aliphatic rings. The zero-order valence-electron chi connectivity index (χ0n) is 8.62. The van der Waals surface area contributed by atoms with Crippen molar-refractivity contribution < 1.29 is 23.0 Å². The molecular weight excluding hydrogens is 218 g/mol. The molecule has 1 fully saturated rings. The Kier molecular flexibility index (Phi) is 3.69. The molecule has 1 heterocycles. The van der Waals surface area contributed by atoms with E-state index in [2.05, 4.69) is 0 Å². The third-order valence-electron chi connectivity index (χ3n) is 2.20. The van der Waals surface area contributed by atoms with Gasteiger partial charge in [0, 0.05) is 12.5 Å². The van der Waals surface area contributed by atoms with Crippen LogP contribution in [0.1, 0.15) is 6.42 Å². The van der Waals surface area contributed by atoms with Crippen LogP contribution in [0.3, 0.4) is 0 Å². The molecule has 88 valence electrons. The molecule has 1 aromatic rings. The average molecular weight is 230 g/mol. The van der Waals surface area contributed by atoms with Crippen LogP contribution in [-0.2, 0) is 9.47 Å². The van der Waals surface area contributed by atoms with E-state index < -0.39 is 11.6 Å². The van der Waals surface area contributed by atoms with E-state index in [1.54, 1.807) is 0 Å². The second-order valence-corrected chi connectivity index (χ2v) is 3.38. The number of hydrogen-bond acceptors (Lipinski definition) is 3. The van der Waals surface area contributed by atoms with Crippen LogP contribution in [0.2, 0.25) is 0 Å². The fraction of sp³-hybridized carbons (Fsp3) is 0.455. The zero-order chi connectivity index (χ0) is 11.4. The van der Waals surface area contributed by atoms with E-state index in [9.17, 15) is 8.78 Å². The molecule has 0 spiro atoms. The molecule has 1 aliphatic heterocycles. The van der Waals surface area contributed by atoms with E-state index in [1.165, 1.54) is 6.07 Å². The van der Waals surface area contributed by atoms with Gasteiger partial charge in [0.1, 0.15) is 5.82 Å². The normalized spacial score (nSPS) is 16.6. The van der Waals surface area contributed by atoms with Gasteiger partial charge in [0.05, 0.1) is 19.8 Å². The van der Waals surface area contributed by atoms with Crippen molar-refractivity contribution in [3.05, 3.63) is 29.8 Å². The van der Waals surface area contributed by atoms with Crippen LogP contribution in [-0.4, -0.2) is 26.1 Å². The van der Waals surface area contributed by atoms with Crippen LogP contribution in [0.5, 0.6) is 5.75 Å². The lowest BCUT2D eigenvalue weighted by Gasteiger charge is -2.10. The first-order chi connectivity index (χ1) is 7.75. The van der Waals surface area contributed by atoms with E-state index in [-0.39, 0.29) is 18.6 Å². The molecule has 2 rings (SSSR count). The van der Waals surface area contributed by atoms with Gasteiger partial charge in [-0.05, 0) is 12.1 Å². The minimum absolute atomic E-state index is 0.0411. The molecule has 0 radical (unpaired) electrons. The lowest BCUT2D eigenvalue weighted by molar-refractivity contribution is -0.0533. The van der Waals surface area contributed by atoms with Crippen molar-refractivity contribution in [2.45, 2.75) is 12.7 Å². The Morgan fingerprint density at radius 1 is 1.25 bits per heavy atom. The first-order valence-electron chi connectivity index (χ1n) is 5.07. The van der Waals surface area contributed by atoms with Gasteiger partial charge >= 0.3 is 0 Å². The number of ether oxygens (including phenoxy) is 3. The van der Waals surface area contributed by atoms with E-state index in [0.717, 1.165) is 12.1 Å². The predicted molar refractivity (Wildman–Crippen MR) is 52.2 cm³/mol. The highest BCUT2D eigenvalue weighted by atomic mass is 19.1. The highest BCUT2D eigenvalue weighted by Crippen LogP contribution is 2.18. The van der Waals surface area contributed by atoms with Gasteiger partial charge in [-0.1, -0.05) is 0 Å². The Bertz CT molecular complexity index is 351. The van der Waals surface area contributed by atoms with Gasteiger partial charge in [-0.2, -0.15) is 0 Å². The van der Waals surface area contributed by atoms with E-state index in [1.807, 2.05) is 0 Å². The molecule has 1 saturated heterocycles. The van der Waals surface area contributed by atoms with Gasteiger partial charge in [-0.3, -0.25) is 0 Å². The Morgan fingerprint density at radius 3 is 2.69 bits per heavy atom. The number of hydrogen-bond donors (Lipinski definition) is 0. The maximum absolute atomic E-state index is 13.1. The molecule has 0 aromatic heterocycles. The summed E-state index contributed by atoms with van der Waals surface area (Å²) in [7, 11) is 0. The molecule has 5 heteroatoms. The first kappa shape index (κ1) is 11.3. The molecule has 3 nitrogen and oxygen atoms in total. The summed E-state index contributed by atoms with van der Waals surface area (Å²) in [4.78, 5) is 0. The van der Waals surface area contributed by atoms with Gasteiger partial charge in [0.25, 0.3) is 0 Å². The molecule has 0 saturated carbocycles. The smallest absolute Gasteiger partial charge is 0.167 e. The van der Waals surface area contributed by atoms with Crippen molar-refractivity contribution in [1.82, 2.24) is 0 Å². The molecule has 0 atom stereocenters. The lowest BCUT2D eigenvalue weighted by atomic mass is 10.3. The summed E-state index contributed by atoms with van der Waals surface area (Å²) in [6.07, 6.45) is 0.250. The second-order valence-electron chi connectivity index (χ2n) is 3.38. The van der Waals surface area contributed by atoms with Crippen molar-refractivity contribution in [2.24, 2.45) is 0 Å². The Balaban J connectivity index is 1.80. The summed E-state index contributed by atoms with van der Waals surface area (Å²) in [5, 5.41) is 0. The molecule has 0 amide bonds. The van der Waals surface area contributed by atoms with Crippen LogP contribution in [0.15, 0.2) is 18.2 Å². The van der Waals surface area contributed by atoms with Crippen molar-refractivity contribution in [3.63, 3.8) is 0 Å². The quantitative estimate of drug-likeness (QED) is 0.792. The lowest BCUT2D eigenvalue weighted by Crippen LogP contribution is -2.13. The fourth-order valence-electron chi connectivity index (χ4n) is 1.43. The van der Waals surface area contributed by atoms with Crippen LogP contribution < -0.4 is 4.74 Å². The van der Waals surface area contributed by atoms with Gasteiger partial charge in [-0.15, -0.1) is 0 Å².